The molecule has 2 nitrogen and oxygen atoms in total. The maximum atomic E-state index is 12.0. The number of rotatable bonds is 3. The SMILES string of the molecule is COc1c(C)cc(Cl)cc1NCC(F)(F)F. The number of aryl methyl sites for hydroxylation is 1. The van der Waals surface area contributed by atoms with Gasteiger partial charge in [-0.15, -0.1) is 0 Å². The van der Waals surface area contributed by atoms with Gasteiger partial charge < -0.3 is 10.1 Å². The lowest BCUT2D eigenvalue weighted by Crippen LogP contribution is -2.21. The van der Waals surface area contributed by atoms with Gasteiger partial charge in [0.2, 0.25) is 0 Å². The molecule has 0 aliphatic rings. The zero-order chi connectivity index (χ0) is 12.3. The molecule has 0 atom stereocenters. The topological polar surface area (TPSA) is 21.3 Å². The number of benzene rings is 1. The first-order valence-corrected chi connectivity index (χ1v) is 4.86. The summed E-state index contributed by atoms with van der Waals surface area (Å²) in [6.45, 7) is 0.590. The summed E-state index contributed by atoms with van der Waals surface area (Å²) in [6.07, 6.45) is -4.28. The molecule has 0 aliphatic carbocycles. The normalized spacial score (nSPS) is 11.4. The highest BCUT2D eigenvalue weighted by Gasteiger charge is 2.27. The molecule has 0 bridgehead atoms. The molecule has 1 aromatic carbocycles. The number of ether oxygens (including phenoxy) is 1. The lowest BCUT2D eigenvalue weighted by atomic mass is 10.2. The summed E-state index contributed by atoms with van der Waals surface area (Å²) in [5, 5.41) is 2.62. The fraction of sp³-hybridized carbons (Fsp3) is 0.400. The second-order valence-corrected chi connectivity index (χ2v) is 3.71. The molecule has 0 heterocycles. The molecule has 16 heavy (non-hydrogen) atoms. The fourth-order valence-corrected chi connectivity index (χ4v) is 1.60. The van der Waals surface area contributed by atoms with E-state index in [0.717, 1.165) is 0 Å². The van der Waals surface area contributed by atoms with Crippen molar-refractivity contribution in [2.24, 2.45) is 0 Å². The molecule has 1 rings (SSSR count). The van der Waals surface area contributed by atoms with Crippen LogP contribution in [0.1, 0.15) is 5.56 Å². The van der Waals surface area contributed by atoms with Crippen molar-refractivity contribution in [1.82, 2.24) is 0 Å². The van der Waals surface area contributed by atoms with Gasteiger partial charge in [-0.3, -0.25) is 0 Å². The Hall–Kier alpha value is -1.10. The van der Waals surface area contributed by atoms with E-state index in [4.69, 9.17) is 16.3 Å². The number of halogens is 4. The Morgan fingerprint density at radius 3 is 2.50 bits per heavy atom. The first kappa shape index (κ1) is 13.0. The lowest BCUT2D eigenvalue weighted by Gasteiger charge is -2.15. The minimum atomic E-state index is -4.28. The third kappa shape index (κ3) is 3.48. The van der Waals surface area contributed by atoms with Crippen molar-refractivity contribution < 1.29 is 17.9 Å². The van der Waals surface area contributed by atoms with Crippen LogP contribution in [0, 0.1) is 6.92 Å². The molecule has 0 unspecified atom stereocenters. The molecular weight excluding hydrogens is 243 g/mol. The molecule has 90 valence electrons. The fourth-order valence-electron chi connectivity index (χ4n) is 1.33. The third-order valence-electron chi connectivity index (χ3n) is 1.92. The maximum Gasteiger partial charge on any atom is 0.405 e. The number of alkyl halides is 3. The average molecular weight is 254 g/mol. The lowest BCUT2D eigenvalue weighted by molar-refractivity contribution is -0.115. The zero-order valence-corrected chi connectivity index (χ0v) is 9.54. The van der Waals surface area contributed by atoms with E-state index < -0.39 is 12.7 Å². The van der Waals surface area contributed by atoms with E-state index in [1.807, 2.05) is 0 Å². The highest BCUT2D eigenvalue weighted by molar-refractivity contribution is 6.31. The van der Waals surface area contributed by atoms with E-state index in [1.54, 1.807) is 13.0 Å². The third-order valence-corrected chi connectivity index (χ3v) is 2.14. The summed E-state index contributed by atoms with van der Waals surface area (Å²) in [6, 6.07) is 3.03. The Balaban J connectivity index is 2.94. The van der Waals surface area contributed by atoms with Crippen LogP contribution < -0.4 is 10.1 Å². The molecule has 0 aromatic heterocycles. The highest BCUT2D eigenvalue weighted by atomic mass is 35.5. The summed E-state index contributed by atoms with van der Waals surface area (Å²) in [5.74, 6) is 0.369. The Morgan fingerprint density at radius 2 is 2.00 bits per heavy atom. The standard InChI is InChI=1S/C10H11ClF3NO/c1-6-3-7(11)4-8(9(6)16-2)15-5-10(12,13)14/h3-4,15H,5H2,1-2H3. The molecule has 0 spiro atoms. The van der Waals surface area contributed by atoms with Gasteiger partial charge in [0.1, 0.15) is 12.3 Å². The largest absolute Gasteiger partial charge is 0.494 e. The summed E-state index contributed by atoms with van der Waals surface area (Å²) >= 11 is 5.75. The Morgan fingerprint density at radius 1 is 1.38 bits per heavy atom. The molecule has 0 radical (unpaired) electrons. The van der Waals surface area contributed by atoms with Crippen molar-refractivity contribution in [3.63, 3.8) is 0 Å². The summed E-state index contributed by atoms with van der Waals surface area (Å²) in [7, 11) is 1.40. The van der Waals surface area contributed by atoms with E-state index in [0.29, 0.717) is 16.3 Å². The van der Waals surface area contributed by atoms with Crippen molar-refractivity contribution in [1.29, 1.82) is 0 Å². The van der Waals surface area contributed by atoms with Gasteiger partial charge in [0, 0.05) is 5.02 Å². The Labute approximate surface area is 96.4 Å². The monoisotopic (exact) mass is 253 g/mol. The summed E-state index contributed by atoms with van der Waals surface area (Å²) in [5.41, 5.74) is 0.921. The van der Waals surface area contributed by atoms with Crippen LogP contribution in [-0.2, 0) is 0 Å². The Bertz CT molecular complexity index is 379. The predicted molar refractivity (Wildman–Crippen MR) is 57.3 cm³/mol. The molecule has 1 aromatic rings. The highest BCUT2D eigenvalue weighted by Crippen LogP contribution is 2.32. The van der Waals surface area contributed by atoms with E-state index >= 15 is 0 Å². The number of nitrogens with one attached hydrogen (secondary N) is 1. The number of hydrogen-bond acceptors (Lipinski definition) is 2. The van der Waals surface area contributed by atoms with Gasteiger partial charge in [-0.2, -0.15) is 13.2 Å². The average Bonchev–Trinajstić information content (AvgIpc) is 2.12. The van der Waals surface area contributed by atoms with E-state index in [2.05, 4.69) is 5.32 Å². The number of anilines is 1. The minimum absolute atomic E-state index is 0.241. The molecule has 6 heteroatoms. The second kappa shape index (κ2) is 4.82. The summed E-state index contributed by atoms with van der Waals surface area (Å²) in [4.78, 5) is 0. The Kier molecular flexibility index (Phi) is 3.91. The number of methoxy groups -OCH3 is 1. The van der Waals surface area contributed by atoms with Crippen LogP contribution in [0.3, 0.4) is 0 Å². The summed E-state index contributed by atoms with van der Waals surface area (Å²) < 4.78 is 41.1. The van der Waals surface area contributed by atoms with Gasteiger partial charge in [0.15, 0.2) is 0 Å². The van der Waals surface area contributed by atoms with E-state index in [9.17, 15) is 13.2 Å². The van der Waals surface area contributed by atoms with Crippen molar-refractivity contribution in [3.8, 4) is 5.75 Å². The molecule has 1 N–H and O–H groups in total. The minimum Gasteiger partial charge on any atom is -0.494 e. The van der Waals surface area contributed by atoms with Crippen LogP contribution in [-0.4, -0.2) is 19.8 Å². The van der Waals surface area contributed by atoms with Crippen molar-refractivity contribution in [2.45, 2.75) is 13.1 Å². The van der Waals surface area contributed by atoms with Gasteiger partial charge in [-0.05, 0) is 24.6 Å². The first-order valence-electron chi connectivity index (χ1n) is 4.48. The number of hydrogen-bond donors (Lipinski definition) is 1. The molecule has 0 saturated carbocycles. The van der Waals surface area contributed by atoms with Crippen molar-refractivity contribution in [2.75, 3.05) is 19.0 Å². The smallest absolute Gasteiger partial charge is 0.405 e. The van der Waals surface area contributed by atoms with Crippen LogP contribution in [0.15, 0.2) is 12.1 Å². The van der Waals surface area contributed by atoms with Crippen LogP contribution in [0.4, 0.5) is 18.9 Å². The zero-order valence-electron chi connectivity index (χ0n) is 8.78. The molecule has 0 saturated heterocycles. The molecular formula is C10H11ClF3NO. The first-order chi connectivity index (χ1) is 7.33. The van der Waals surface area contributed by atoms with Gasteiger partial charge in [0.05, 0.1) is 12.8 Å². The van der Waals surface area contributed by atoms with Crippen molar-refractivity contribution in [3.05, 3.63) is 22.7 Å². The van der Waals surface area contributed by atoms with E-state index in [-0.39, 0.29) is 5.69 Å². The van der Waals surface area contributed by atoms with Crippen molar-refractivity contribution >= 4 is 17.3 Å². The van der Waals surface area contributed by atoms with Gasteiger partial charge >= 0.3 is 6.18 Å². The second-order valence-electron chi connectivity index (χ2n) is 3.27. The van der Waals surface area contributed by atoms with Gasteiger partial charge in [-0.1, -0.05) is 11.6 Å². The van der Waals surface area contributed by atoms with Gasteiger partial charge in [-0.25, -0.2) is 0 Å². The molecule has 0 aliphatic heterocycles. The predicted octanol–water partition coefficient (Wildman–Crippen LogP) is 3.63. The molecule has 0 amide bonds. The van der Waals surface area contributed by atoms with Crippen LogP contribution in [0.2, 0.25) is 5.02 Å². The van der Waals surface area contributed by atoms with E-state index in [1.165, 1.54) is 13.2 Å². The van der Waals surface area contributed by atoms with Crippen LogP contribution in [0.5, 0.6) is 5.75 Å². The molecule has 0 fully saturated rings. The quantitative estimate of drug-likeness (QED) is 0.888. The van der Waals surface area contributed by atoms with Crippen LogP contribution in [0.25, 0.3) is 0 Å². The van der Waals surface area contributed by atoms with Crippen LogP contribution >= 0.6 is 11.6 Å². The van der Waals surface area contributed by atoms with Gasteiger partial charge in [0.25, 0.3) is 0 Å². The maximum absolute atomic E-state index is 12.0.